The molecule has 0 aromatic heterocycles. The molecule has 0 saturated carbocycles. The smallest absolute Gasteiger partial charge is 0.127 e. The largest absolute Gasteiger partial charge is 0.493 e. The molecule has 0 radical (unpaired) electrons. The minimum Gasteiger partial charge on any atom is -0.493 e. The molecule has 3 rings (SSSR count). The van der Waals surface area contributed by atoms with Crippen LogP contribution in [0.5, 0.6) is 5.75 Å². The average molecular weight is 270 g/mol. The van der Waals surface area contributed by atoms with Gasteiger partial charge in [-0.2, -0.15) is 11.8 Å². The number of nitrogens with two attached hydrogens (primary N) is 1. The summed E-state index contributed by atoms with van der Waals surface area (Å²) in [4.78, 5) is 0. The molecule has 0 bridgehead atoms. The lowest BCUT2D eigenvalue weighted by Gasteiger charge is -2.21. The van der Waals surface area contributed by atoms with Gasteiger partial charge in [0.1, 0.15) is 5.75 Å². The molecule has 0 spiro atoms. The Labute approximate surface area is 111 Å². The van der Waals surface area contributed by atoms with Crippen LogP contribution in [0.1, 0.15) is 29.7 Å². The fraction of sp³-hybridized carbons (Fsp3) is 0.538. The van der Waals surface area contributed by atoms with Crippen LogP contribution in [0.3, 0.4) is 0 Å². The summed E-state index contributed by atoms with van der Waals surface area (Å²) in [5.41, 5.74) is 9.94. The molecule has 2 heterocycles. The van der Waals surface area contributed by atoms with E-state index in [1.54, 1.807) is 0 Å². The second kappa shape index (κ2) is 4.38. The van der Waals surface area contributed by atoms with Gasteiger partial charge in [-0.25, -0.2) is 0 Å². The van der Waals surface area contributed by atoms with Crippen molar-refractivity contribution in [3.8, 4) is 5.75 Å². The summed E-state index contributed by atoms with van der Waals surface area (Å²) in [7, 11) is 0. The summed E-state index contributed by atoms with van der Waals surface area (Å²) in [6.07, 6.45) is 0.970. The number of rotatable bonds is 0. The van der Waals surface area contributed by atoms with E-state index in [2.05, 4.69) is 6.92 Å². The predicted octanol–water partition coefficient (Wildman–Crippen LogP) is 3.16. The highest BCUT2D eigenvalue weighted by molar-refractivity contribution is 7.98. The molecule has 2 N–H and O–H groups in total. The van der Waals surface area contributed by atoms with Crippen LogP contribution in [0, 0.1) is 5.92 Å². The van der Waals surface area contributed by atoms with E-state index in [0.29, 0.717) is 5.92 Å². The number of hydrogen-bond acceptors (Lipinski definition) is 3. The van der Waals surface area contributed by atoms with Crippen molar-refractivity contribution in [3.63, 3.8) is 0 Å². The fourth-order valence-corrected chi connectivity index (χ4v) is 4.18. The maximum absolute atomic E-state index is 6.41. The van der Waals surface area contributed by atoms with Gasteiger partial charge in [0, 0.05) is 28.8 Å². The first-order valence-corrected chi connectivity index (χ1v) is 7.52. The van der Waals surface area contributed by atoms with Crippen molar-refractivity contribution in [3.05, 3.63) is 27.8 Å². The molecule has 0 saturated heterocycles. The van der Waals surface area contributed by atoms with Crippen molar-refractivity contribution in [2.75, 3.05) is 12.4 Å². The Kier molecular flexibility index (Phi) is 3.01. The molecule has 2 nitrogen and oxygen atoms in total. The zero-order valence-electron chi connectivity index (χ0n) is 9.83. The van der Waals surface area contributed by atoms with E-state index < -0.39 is 0 Å². The minimum absolute atomic E-state index is 0.0296. The van der Waals surface area contributed by atoms with Gasteiger partial charge in [-0.1, -0.05) is 18.5 Å². The van der Waals surface area contributed by atoms with E-state index in [0.717, 1.165) is 40.9 Å². The number of thioether (sulfide) groups is 1. The number of halogens is 1. The Bertz CT molecular complexity index is 463. The number of benzene rings is 1. The van der Waals surface area contributed by atoms with Crippen LogP contribution in [0.25, 0.3) is 0 Å². The summed E-state index contributed by atoms with van der Waals surface area (Å²) >= 11 is 8.34. The second-order valence-corrected chi connectivity index (χ2v) is 6.29. The van der Waals surface area contributed by atoms with Crippen molar-refractivity contribution in [2.45, 2.75) is 25.1 Å². The summed E-state index contributed by atoms with van der Waals surface area (Å²) in [6, 6.07) is 2.08. The number of ether oxygens (including phenoxy) is 1. The van der Waals surface area contributed by atoms with Crippen LogP contribution in [-0.2, 0) is 12.2 Å². The maximum Gasteiger partial charge on any atom is 0.127 e. The van der Waals surface area contributed by atoms with Crippen molar-refractivity contribution in [2.24, 2.45) is 11.7 Å². The topological polar surface area (TPSA) is 35.2 Å². The van der Waals surface area contributed by atoms with Crippen molar-refractivity contribution in [1.82, 2.24) is 0 Å². The molecule has 17 heavy (non-hydrogen) atoms. The standard InChI is InChI=1S/C13H16ClNOS/c1-7-5-17-6-9-11(12(7)15)10(14)4-8-2-3-16-13(8)9/h4,7,12H,2-3,5-6,15H2,1H3. The summed E-state index contributed by atoms with van der Waals surface area (Å²) < 4.78 is 5.76. The molecule has 1 aromatic carbocycles. The Morgan fingerprint density at radius 2 is 2.35 bits per heavy atom. The normalized spacial score (nSPS) is 27.0. The SMILES string of the molecule is CC1CSCc2c3c(cc(Cl)c2C1N)CCO3. The lowest BCUT2D eigenvalue weighted by molar-refractivity contribution is 0.353. The van der Waals surface area contributed by atoms with E-state index in [-0.39, 0.29) is 6.04 Å². The maximum atomic E-state index is 6.41. The van der Waals surface area contributed by atoms with Gasteiger partial charge in [0.2, 0.25) is 0 Å². The average Bonchev–Trinajstić information content (AvgIpc) is 2.69. The highest BCUT2D eigenvalue weighted by atomic mass is 35.5. The Morgan fingerprint density at radius 1 is 1.53 bits per heavy atom. The van der Waals surface area contributed by atoms with E-state index in [4.69, 9.17) is 22.1 Å². The van der Waals surface area contributed by atoms with Gasteiger partial charge in [-0.05, 0) is 28.9 Å². The fourth-order valence-electron chi connectivity index (χ4n) is 2.62. The third-order valence-corrected chi connectivity index (χ3v) is 5.21. The Morgan fingerprint density at radius 3 is 3.18 bits per heavy atom. The Hall–Kier alpha value is -0.380. The highest BCUT2D eigenvalue weighted by Crippen LogP contribution is 2.44. The quantitative estimate of drug-likeness (QED) is 0.786. The third kappa shape index (κ3) is 1.85. The summed E-state index contributed by atoms with van der Waals surface area (Å²) in [5, 5.41) is 0.825. The first kappa shape index (κ1) is 11.7. The number of hydrogen-bond donors (Lipinski definition) is 1. The molecule has 2 atom stereocenters. The van der Waals surface area contributed by atoms with Crippen LogP contribution in [0.15, 0.2) is 6.07 Å². The summed E-state index contributed by atoms with van der Waals surface area (Å²) in [5.74, 6) is 3.57. The molecule has 2 aliphatic heterocycles. The van der Waals surface area contributed by atoms with E-state index in [1.807, 2.05) is 17.8 Å². The van der Waals surface area contributed by atoms with Crippen LogP contribution < -0.4 is 10.5 Å². The Balaban J connectivity index is 2.19. The molecular weight excluding hydrogens is 254 g/mol. The zero-order valence-corrected chi connectivity index (χ0v) is 11.4. The molecule has 2 unspecified atom stereocenters. The molecule has 0 amide bonds. The molecular formula is C13H16ClNOS. The first-order chi connectivity index (χ1) is 8.18. The van der Waals surface area contributed by atoms with Crippen LogP contribution in [0.2, 0.25) is 5.02 Å². The molecule has 4 heteroatoms. The van der Waals surface area contributed by atoms with Crippen molar-refractivity contribution >= 4 is 23.4 Å². The van der Waals surface area contributed by atoms with Gasteiger partial charge in [0.05, 0.1) is 6.61 Å². The lowest BCUT2D eigenvalue weighted by Crippen LogP contribution is -2.21. The molecule has 1 aromatic rings. The van der Waals surface area contributed by atoms with Crippen LogP contribution in [0.4, 0.5) is 0 Å². The minimum atomic E-state index is 0.0296. The molecule has 92 valence electrons. The van der Waals surface area contributed by atoms with Gasteiger partial charge < -0.3 is 10.5 Å². The molecule has 2 aliphatic rings. The summed E-state index contributed by atoms with van der Waals surface area (Å²) in [6.45, 7) is 2.97. The highest BCUT2D eigenvalue weighted by Gasteiger charge is 2.29. The van der Waals surface area contributed by atoms with Gasteiger partial charge in [-0.15, -0.1) is 0 Å². The van der Waals surface area contributed by atoms with Crippen LogP contribution in [-0.4, -0.2) is 12.4 Å². The van der Waals surface area contributed by atoms with E-state index in [1.165, 1.54) is 11.1 Å². The van der Waals surface area contributed by atoms with Gasteiger partial charge in [-0.3, -0.25) is 0 Å². The molecule has 0 fully saturated rings. The second-order valence-electron chi connectivity index (χ2n) is 4.86. The van der Waals surface area contributed by atoms with Crippen molar-refractivity contribution < 1.29 is 4.74 Å². The van der Waals surface area contributed by atoms with Gasteiger partial charge in [0.15, 0.2) is 0 Å². The van der Waals surface area contributed by atoms with Crippen molar-refractivity contribution in [1.29, 1.82) is 0 Å². The zero-order chi connectivity index (χ0) is 12.0. The van der Waals surface area contributed by atoms with Gasteiger partial charge >= 0.3 is 0 Å². The van der Waals surface area contributed by atoms with Gasteiger partial charge in [0.25, 0.3) is 0 Å². The number of fused-ring (bicyclic) bond motifs is 3. The van der Waals surface area contributed by atoms with E-state index in [9.17, 15) is 0 Å². The lowest BCUT2D eigenvalue weighted by atomic mass is 9.91. The monoisotopic (exact) mass is 269 g/mol. The predicted molar refractivity (Wildman–Crippen MR) is 72.9 cm³/mol. The van der Waals surface area contributed by atoms with Crippen LogP contribution >= 0.6 is 23.4 Å². The third-order valence-electron chi connectivity index (χ3n) is 3.64. The molecule has 0 aliphatic carbocycles. The van der Waals surface area contributed by atoms with E-state index >= 15 is 0 Å². The first-order valence-electron chi connectivity index (χ1n) is 5.98.